The Kier molecular flexibility index (Phi) is 6.13. The van der Waals surface area contributed by atoms with Crippen LogP contribution in [0.15, 0.2) is 24.5 Å². The predicted molar refractivity (Wildman–Crippen MR) is 98.3 cm³/mol. The van der Waals surface area contributed by atoms with Crippen molar-refractivity contribution in [3.05, 3.63) is 41.7 Å². The summed E-state index contributed by atoms with van der Waals surface area (Å²) < 4.78 is 33.4. The Balaban J connectivity index is 2.11. The normalized spacial score (nSPS) is 21.7. The first-order valence-corrected chi connectivity index (χ1v) is 9.76. The maximum atomic E-state index is 13.6. The van der Waals surface area contributed by atoms with Crippen LogP contribution in [-0.4, -0.2) is 5.97 Å². The minimum atomic E-state index is -0.743. The van der Waals surface area contributed by atoms with Gasteiger partial charge in [-0.3, -0.25) is 4.79 Å². The number of carbonyl (C=O) groups is 1. The molecule has 8 heteroatoms. The number of rotatable bonds is 4. The minimum absolute atomic E-state index is 0.0416. The van der Waals surface area contributed by atoms with Gasteiger partial charge in [-0.25, -0.2) is 8.78 Å². The maximum absolute atomic E-state index is 13.6. The van der Waals surface area contributed by atoms with E-state index in [2.05, 4.69) is 63.7 Å². The van der Waals surface area contributed by atoms with E-state index in [1.807, 2.05) is 19.9 Å². The lowest BCUT2D eigenvalue weighted by molar-refractivity contribution is -0.147. The molecule has 0 aliphatic heterocycles. The SMILES string of the molecule is CC1(C)[C@H](C(=O)OCc2c(Br)c(F)cc(F)c2Br)[C@@H]1C=C(Br)Br. The molecule has 23 heavy (non-hydrogen) atoms. The fraction of sp³-hybridized carbons (Fsp3) is 0.400. The number of hydrogen-bond acceptors (Lipinski definition) is 2. The Morgan fingerprint density at radius 1 is 1.26 bits per heavy atom. The van der Waals surface area contributed by atoms with Gasteiger partial charge in [-0.1, -0.05) is 19.9 Å². The van der Waals surface area contributed by atoms with Gasteiger partial charge in [-0.05, 0) is 75.1 Å². The molecule has 0 radical (unpaired) electrons. The minimum Gasteiger partial charge on any atom is -0.460 e. The van der Waals surface area contributed by atoms with Crippen LogP contribution < -0.4 is 0 Å². The van der Waals surface area contributed by atoms with Crippen LogP contribution in [0.25, 0.3) is 0 Å². The molecule has 0 N–H and O–H groups in total. The second-order valence-electron chi connectivity index (χ2n) is 5.84. The van der Waals surface area contributed by atoms with Crippen LogP contribution in [0.5, 0.6) is 0 Å². The third-order valence-corrected chi connectivity index (χ3v) is 6.28. The summed E-state index contributed by atoms with van der Waals surface area (Å²) in [6.07, 6.45) is 1.90. The zero-order valence-corrected chi connectivity index (χ0v) is 18.4. The summed E-state index contributed by atoms with van der Waals surface area (Å²) in [6, 6.07) is 0.762. The van der Waals surface area contributed by atoms with Crippen LogP contribution >= 0.6 is 63.7 Å². The molecular weight excluding hydrogens is 570 g/mol. The second kappa shape index (κ2) is 7.22. The lowest BCUT2D eigenvalue weighted by Gasteiger charge is -2.11. The van der Waals surface area contributed by atoms with Crippen LogP contribution in [0.2, 0.25) is 0 Å². The van der Waals surface area contributed by atoms with E-state index < -0.39 is 11.6 Å². The van der Waals surface area contributed by atoms with E-state index in [0.717, 1.165) is 9.46 Å². The quantitative estimate of drug-likeness (QED) is 0.302. The number of benzene rings is 1. The predicted octanol–water partition coefficient (Wildman–Crippen LogP) is 6.44. The molecule has 1 aromatic carbocycles. The molecule has 0 aromatic heterocycles. The number of carbonyl (C=O) groups excluding carboxylic acids is 1. The van der Waals surface area contributed by atoms with Crippen molar-refractivity contribution in [2.45, 2.75) is 20.5 Å². The lowest BCUT2D eigenvalue weighted by Crippen LogP contribution is -2.11. The van der Waals surface area contributed by atoms with Gasteiger partial charge in [-0.2, -0.15) is 0 Å². The molecule has 0 unspecified atom stereocenters. The largest absolute Gasteiger partial charge is 0.460 e. The molecule has 0 amide bonds. The van der Waals surface area contributed by atoms with Crippen LogP contribution in [0, 0.1) is 28.9 Å². The van der Waals surface area contributed by atoms with Crippen molar-refractivity contribution in [1.82, 2.24) is 0 Å². The molecule has 0 heterocycles. The lowest BCUT2D eigenvalue weighted by atomic mass is 10.1. The van der Waals surface area contributed by atoms with E-state index in [1.54, 1.807) is 0 Å². The van der Waals surface area contributed by atoms with E-state index in [0.29, 0.717) is 0 Å². The summed E-state index contributed by atoms with van der Waals surface area (Å²) in [5.41, 5.74) is 0.00832. The fourth-order valence-electron chi connectivity index (χ4n) is 2.56. The van der Waals surface area contributed by atoms with Crippen molar-refractivity contribution >= 4 is 69.7 Å². The molecular formula is C15H12Br4F2O2. The first-order valence-electron chi connectivity index (χ1n) is 6.58. The van der Waals surface area contributed by atoms with Crippen molar-refractivity contribution in [2.24, 2.45) is 17.3 Å². The second-order valence-corrected chi connectivity index (χ2v) is 10.2. The Labute approximate surface area is 166 Å². The van der Waals surface area contributed by atoms with Gasteiger partial charge in [0.2, 0.25) is 0 Å². The molecule has 2 atom stereocenters. The number of halogens is 6. The van der Waals surface area contributed by atoms with E-state index in [4.69, 9.17) is 4.74 Å². The van der Waals surface area contributed by atoms with Gasteiger partial charge in [0.15, 0.2) is 0 Å². The average Bonchev–Trinajstić information content (AvgIpc) is 2.96. The van der Waals surface area contributed by atoms with Crippen molar-refractivity contribution in [3.8, 4) is 0 Å². The molecule has 0 spiro atoms. The van der Waals surface area contributed by atoms with E-state index in [-0.39, 0.29) is 44.3 Å². The maximum Gasteiger partial charge on any atom is 0.310 e. The molecule has 0 saturated heterocycles. The van der Waals surface area contributed by atoms with Gasteiger partial charge < -0.3 is 4.74 Å². The third-order valence-electron chi connectivity index (χ3n) is 4.03. The highest BCUT2D eigenvalue weighted by atomic mass is 79.9. The molecule has 126 valence electrons. The van der Waals surface area contributed by atoms with Crippen LogP contribution in [-0.2, 0) is 16.1 Å². The third kappa shape index (κ3) is 4.07. The summed E-state index contributed by atoms with van der Waals surface area (Å²) in [5, 5.41) is 0. The number of allylic oxidation sites excluding steroid dienone is 1. The van der Waals surface area contributed by atoms with Gasteiger partial charge >= 0.3 is 5.97 Å². The smallest absolute Gasteiger partial charge is 0.310 e. The topological polar surface area (TPSA) is 26.3 Å². The zero-order valence-electron chi connectivity index (χ0n) is 12.1. The number of esters is 1. The molecule has 0 bridgehead atoms. The molecule has 1 aliphatic rings. The highest BCUT2D eigenvalue weighted by molar-refractivity contribution is 9.28. The highest BCUT2D eigenvalue weighted by Crippen LogP contribution is 2.60. The Morgan fingerprint density at radius 3 is 2.26 bits per heavy atom. The zero-order chi connectivity index (χ0) is 17.5. The Bertz CT molecular complexity index is 658. The number of hydrogen-bond donors (Lipinski definition) is 0. The molecule has 1 aliphatic carbocycles. The molecule has 1 fully saturated rings. The molecule has 2 nitrogen and oxygen atoms in total. The summed E-state index contributed by atoms with van der Waals surface area (Å²) in [6.45, 7) is 3.72. The van der Waals surface area contributed by atoms with Crippen molar-refractivity contribution < 1.29 is 18.3 Å². The van der Waals surface area contributed by atoms with Gasteiger partial charge in [0.1, 0.15) is 18.2 Å². The van der Waals surface area contributed by atoms with Gasteiger partial charge in [0, 0.05) is 11.6 Å². The van der Waals surface area contributed by atoms with Crippen LogP contribution in [0.1, 0.15) is 19.4 Å². The van der Waals surface area contributed by atoms with Gasteiger partial charge in [0.05, 0.1) is 18.3 Å². The monoisotopic (exact) mass is 578 g/mol. The standard InChI is InChI=1S/C15H12Br4F2O2/c1-15(2)7(3-10(16)17)11(15)14(22)23-5-6-12(18)8(20)4-9(21)13(6)19/h3-4,7,11H,5H2,1-2H3/t7-,11-/m0/s1. The summed E-state index contributed by atoms with van der Waals surface area (Å²) in [7, 11) is 0. The summed E-state index contributed by atoms with van der Waals surface area (Å²) >= 11 is 12.7. The fourth-order valence-corrected chi connectivity index (χ4v) is 4.25. The Hall–Kier alpha value is 0.210. The highest BCUT2D eigenvalue weighted by Gasteiger charge is 2.61. The van der Waals surface area contributed by atoms with Crippen molar-refractivity contribution in [2.75, 3.05) is 0 Å². The van der Waals surface area contributed by atoms with Crippen molar-refractivity contribution in [3.63, 3.8) is 0 Å². The first-order chi connectivity index (χ1) is 10.6. The van der Waals surface area contributed by atoms with E-state index in [1.165, 1.54) is 0 Å². The first kappa shape index (κ1) is 19.5. The Morgan fingerprint density at radius 2 is 1.78 bits per heavy atom. The summed E-state index contributed by atoms with van der Waals surface area (Å²) in [4.78, 5) is 12.3. The van der Waals surface area contributed by atoms with Crippen molar-refractivity contribution in [1.29, 1.82) is 0 Å². The average molecular weight is 582 g/mol. The van der Waals surface area contributed by atoms with E-state index in [9.17, 15) is 13.6 Å². The molecule has 2 rings (SSSR count). The van der Waals surface area contributed by atoms with E-state index >= 15 is 0 Å². The van der Waals surface area contributed by atoms with Crippen LogP contribution in [0.4, 0.5) is 8.78 Å². The van der Waals surface area contributed by atoms with Gasteiger partial charge in [0.25, 0.3) is 0 Å². The number of ether oxygens (including phenoxy) is 1. The molecule has 1 saturated carbocycles. The van der Waals surface area contributed by atoms with Gasteiger partial charge in [-0.15, -0.1) is 0 Å². The van der Waals surface area contributed by atoms with Crippen LogP contribution in [0.3, 0.4) is 0 Å². The summed E-state index contributed by atoms with van der Waals surface area (Å²) in [5.74, 6) is -2.12. The molecule has 1 aromatic rings.